The van der Waals surface area contributed by atoms with Gasteiger partial charge in [-0.25, -0.2) is 8.42 Å². The van der Waals surface area contributed by atoms with Gasteiger partial charge in [0.2, 0.25) is 0 Å². The molecule has 5 heteroatoms. The van der Waals surface area contributed by atoms with Crippen LogP contribution in [-0.2, 0) is 9.05 Å². The van der Waals surface area contributed by atoms with Gasteiger partial charge in [0.25, 0.3) is 9.05 Å². The minimum absolute atomic E-state index is 0.163. The Bertz CT molecular complexity index is 548. The average molecular weight is 289 g/mol. The Kier molecular flexibility index (Phi) is 3.87. The van der Waals surface area contributed by atoms with E-state index in [0.29, 0.717) is 12.2 Å². The van der Waals surface area contributed by atoms with E-state index in [1.807, 2.05) is 6.92 Å². The molecule has 0 atom stereocenters. The molecule has 0 bridgehead atoms. The monoisotopic (exact) mass is 288 g/mol. The largest absolute Gasteiger partial charge is 0.493 e. The van der Waals surface area contributed by atoms with Gasteiger partial charge in [0.1, 0.15) is 5.75 Å². The van der Waals surface area contributed by atoms with Crippen LogP contribution >= 0.6 is 10.7 Å². The summed E-state index contributed by atoms with van der Waals surface area (Å²) < 4.78 is 28.4. The van der Waals surface area contributed by atoms with Gasteiger partial charge in [-0.15, -0.1) is 0 Å². The molecule has 0 unspecified atom stereocenters. The molecule has 0 spiro atoms. The minimum atomic E-state index is -3.68. The van der Waals surface area contributed by atoms with Crippen molar-refractivity contribution in [3.8, 4) is 5.75 Å². The van der Waals surface area contributed by atoms with Crippen molar-refractivity contribution in [2.24, 2.45) is 5.92 Å². The Labute approximate surface area is 113 Å². The smallest absolute Gasteiger partial charge is 0.261 e. The van der Waals surface area contributed by atoms with Crippen molar-refractivity contribution >= 4 is 19.7 Å². The Balaban J connectivity index is 2.14. The summed E-state index contributed by atoms with van der Waals surface area (Å²) in [6, 6.07) is 3.20. The van der Waals surface area contributed by atoms with Crippen molar-refractivity contribution < 1.29 is 13.2 Å². The van der Waals surface area contributed by atoms with E-state index in [1.165, 1.54) is 18.9 Å². The number of benzene rings is 1. The maximum absolute atomic E-state index is 11.4. The van der Waals surface area contributed by atoms with E-state index in [-0.39, 0.29) is 4.90 Å². The van der Waals surface area contributed by atoms with E-state index in [0.717, 1.165) is 23.7 Å². The number of hydrogen-bond donors (Lipinski definition) is 0. The molecule has 1 aliphatic rings. The second-order valence-corrected chi connectivity index (χ2v) is 7.36. The number of hydrogen-bond acceptors (Lipinski definition) is 3. The van der Waals surface area contributed by atoms with Crippen LogP contribution in [0.3, 0.4) is 0 Å². The van der Waals surface area contributed by atoms with Crippen molar-refractivity contribution in [3.05, 3.63) is 23.3 Å². The molecule has 3 nitrogen and oxygen atoms in total. The molecule has 1 saturated carbocycles. The minimum Gasteiger partial charge on any atom is -0.493 e. The van der Waals surface area contributed by atoms with E-state index < -0.39 is 9.05 Å². The van der Waals surface area contributed by atoms with Crippen molar-refractivity contribution in [1.29, 1.82) is 0 Å². The molecule has 0 aromatic heterocycles. The molecular formula is C13H17ClO3S. The molecule has 1 fully saturated rings. The first-order valence-corrected chi connectivity index (χ1v) is 8.38. The first-order valence-electron chi connectivity index (χ1n) is 6.07. The number of rotatable bonds is 5. The summed E-state index contributed by atoms with van der Waals surface area (Å²) in [4.78, 5) is 0.163. The van der Waals surface area contributed by atoms with Crippen LogP contribution in [-0.4, -0.2) is 15.0 Å². The summed E-state index contributed by atoms with van der Waals surface area (Å²) in [6.07, 6.45) is 3.70. The summed E-state index contributed by atoms with van der Waals surface area (Å²) in [7, 11) is 1.69. The molecule has 1 aromatic carbocycles. The average Bonchev–Trinajstić information content (AvgIpc) is 3.06. The van der Waals surface area contributed by atoms with Crippen LogP contribution < -0.4 is 4.74 Å². The van der Waals surface area contributed by atoms with Crippen LogP contribution in [0.25, 0.3) is 0 Å². The fourth-order valence-corrected chi connectivity index (χ4v) is 3.18. The highest BCUT2D eigenvalue weighted by Crippen LogP contribution is 2.33. The van der Waals surface area contributed by atoms with Crippen LogP contribution in [0.2, 0.25) is 0 Å². The second kappa shape index (κ2) is 5.10. The molecular weight excluding hydrogens is 272 g/mol. The summed E-state index contributed by atoms with van der Waals surface area (Å²) in [5.74, 6) is 1.58. The normalized spacial score (nSPS) is 15.7. The van der Waals surface area contributed by atoms with Crippen LogP contribution in [0.15, 0.2) is 17.0 Å². The predicted octanol–water partition coefficient (Wildman–Crippen LogP) is 3.41. The third-order valence-electron chi connectivity index (χ3n) is 3.43. The lowest BCUT2D eigenvalue weighted by Crippen LogP contribution is -2.03. The number of halogens is 1. The zero-order valence-corrected chi connectivity index (χ0v) is 12.1. The molecule has 100 valence electrons. The lowest BCUT2D eigenvalue weighted by atomic mass is 10.1. The first-order chi connectivity index (χ1) is 8.39. The molecule has 18 heavy (non-hydrogen) atoms. The standard InChI is InChI=1S/C13H17ClO3S/c1-9-10(2)13(18(14,15)16)6-5-12(9)17-8-7-11-3-4-11/h5-6,11H,3-4,7-8H2,1-2H3. The summed E-state index contributed by atoms with van der Waals surface area (Å²) in [5.41, 5.74) is 1.50. The van der Waals surface area contributed by atoms with Gasteiger partial charge in [-0.1, -0.05) is 12.8 Å². The van der Waals surface area contributed by atoms with Crippen LogP contribution in [0, 0.1) is 19.8 Å². The van der Waals surface area contributed by atoms with Crippen LogP contribution in [0.4, 0.5) is 0 Å². The van der Waals surface area contributed by atoms with E-state index in [1.54, 1.807) is 13.0 Å². The molecule has 0 saturated heterocycles. The lowest BCUT2D eigenvalue weighted by molar-refractivity contribution is 0.300. The van der Waals surface area contributed by atoms with Gasteiger partial charge in [-0.2, -0.15) is 0 Å². The van der Waals surface area contributed by atoms with Gasteiger partial charge in [0.15, 0.2) is 0 Å². The summed E-state index contributed by atoms with van der Waals surface area (Å²) in [5, 5.41) is 0. The summed E-state index contributed by atoms with van der Waals surface area (Å²) >= 11 is 0. The Morgan fingerprint density at radius 3 is 2.50 bits per heavy atom. The second-order valence-electron chi connectivity index (χ2n) is 4.83. The van der Waals surface area contributed by atoms with Gasteiger partial charge >= 0.3 is 0 Å². The van der Waals surface area contributed by atoms with Gasteiger partial charge in [0.05, 0.1) is 11.5 Å². The van der Waals surface area contributed by atoms with Crippen LogP contribution in [0.5, 0.6) is 5.75 Å². The van der Waals surface area contributed by atoms with Gasteiger partial charge in [0, 0.05) is 10.7 Å². The van der Waals surface area contributed by atoms with E-state index in [9.17, 15) is 8.42 Å². The Morgan fingerprint density at radius 2 is 1.94 bits per heavy atom. The molecule has 0 aliphatic heterocycles. The van der Waals surface area contributed by atoms with E-state index in [4.69, 9.17) is 15.4 Å². The summed E-state index contributed by atoms with van der Waals surface area (Å²) in [6.45, 7) is 4.30. The highest BCUT2D eigenvalue weighted by Gasteiger charge is 2.21. The quantitative estimate of drug-likeness (QED) is 0.780. The van der Waals surface area contributed by atoms with E-state index >= 15 is 0 Å². The molecule has 0 N–H and O–H groups in total. The van der Waals surface area contributed by atoms with Crippen molar-refractivity contribution in [3.63, 3.8) is 0 Å². The molecule has 2 rings (SSSR count). The lowest BCUT2D eigenvalue weighted by Gasteiger charge is -2.12. The predicted molar refractivity (Wildman–Crippen MR) is 71.8 cm³/mol. The van der Waals surface area contributed by atoms with Gasteiger partial charge < -0.3 is 4.74 Å². The maximum Gasteiger partial charge on any atom is 0.261 e. The van der Waals surface area contributed by atoms with E-state index in [2.05, 4.69) is 0 Å². The molecule has 0 radical (unpaired) electrons. The number of ether oxygens (including phenoxy) is 1. The van der Waals surface area contributed by atoms with Gasteiger partial charge in [-0.05, 0) is 49.4 Å². The third kappa shape index (κ3) is 3.18. The maximum atomic E-state index is 11.4. The SMILES string of the molecule is Cc1c(OCCC2CC2)ccc(S(=O)(=O)Cl)c1C. The fourth-order valence-electron chi connectivity index (χ4n) is 1.93. The fraction of sp³-hybridized carbons (Fsp3) is 0.538. The van der Waals surface area contributed by atoms with Crippen LogP contribution in [0.1, 0.15) is 30.4 Å². The van der Waals surface area contributed by atoms with Crippen molar-refractivity contribution in [2.45, 2.75) is 38.0 Å². The zero-order chi connectivity index (χ0) is 13.3. The Hall–Kier alpha value is -0.740. The highest BCUT2D eigenvalue weighted by atomic mass is 35.7. The first kappa shape index (κ1) is 13.7. The molecule has 0 heterocycles. The highest BCUT2D eigenvalue weighted by molar-refractivity contribution is 8.13. The van der Waals surface area contributed by atoms with Gasteiger partial charge in [-0.3, -0.25) is 0 Å². The topological polar surface area (TPSA) is 43.4 Å². The van der Waals surface area contributed by atoms with Crippen molar-refractivity contribution in [2.75, 3.05) is 6.61 Å². The third-order valence-corrected chi connectivity index (χ3v) is 4.90. The zero-order valence-electron chi connectivity index (χ0n) is 10.6. The molecule has 1 aromatic rings. The molecule has 0 amide bonds. The Morgan fingerprint density at radius 1 is 1.28 bits per heavy atom. The van der Waals surface area contributed by atoms with Crippen molar-refractivity contribution in [1.82, 2.24) is 0 Å². The molecule has 1 aliphatic carbocycles.